The highest BCUT2D eigenvalue weighted by molar-refractivity contribution is 5.79. The van der Waals surface area contributed by atoms with E-state index in [1.165, 1.54) is 14.2 Å². The van der Waals surface area contributed by atoms with Gasteiger partial charge in [-0.1, -0.05) is 24.3 Å². The number of esters is 2. The second-order valence-electron chi connectivity index (χ2n) is 6.25. The molecule has 0 amide bonds. The average Bonchev–Trinajstić information content (AvgIpc) is 2.67. The summed E-state index contributed by atoms with van der Waals surface area (Å²) in [5, 5.41) is 1.08. The summed E-state index contributed by atoms with van der Waals surface area (Å²) in [6, 6.07) is 11.5. The van der Waals surface area contributed by atoms with Crippen LogP contribution in [0.2, 0.25) is 0 Å². The van der Waals surface area contributed by atoms with Crippen molar-refractivity contribution in [2.75, 3.05) is 20.8 Å². The number of piperidine rings is 1. The zero-order chi connectivity index (χ0) is 17.8. The Hall–Kier alpha value is -2.47. The maximum atomic E-state index is 12.2. The molecule has 1 aromatic heterocycles. The number of aromatic nitrogens is 1. The first-order valence-corrected chi connectivity index (χ1v) is 8.36. The number of likely N-dealkylation sites (tertiary alicyclic amines) is 1. The van der Waals surface area contributed by atoms with Crippen LogP contribution in [0, 0.1) is 5.92 Å². The molecule has 6 heteroatoms. The zero-order valence-electron chi connectivity index (χ0n) is 14.5. The lowest BCUT2D eigenvalue weighted by Crippen LogP contribution is -2.48. The van der Waals surface area contributed by atoms with Crippen molar-refractivity contribution in [1.82, 2.24) is 9.88 Å². The zero-order valence-corrected chi connectivity index (χ0v) is 14.5. The smallest absolute Gasteiger partial charge is 0.323 e. The third-order valence-electron chi connectivity index (χ3n) is 4.74. The van der Waals surface area contributed by atoms with E-state index >= 15 is 0 Å². The first-order chi connectivity index (χ1) is 12.1. The second-order valence-corrected chi connectivity index (χ2v) is 6.25. The molecule has 2 atom stereocenters. The molecule has 1 aliphatic heterocycles. The minimum absolute atomic E-state index is 0.266. The predicted molar refractivity (Wildman–Crippen MR) is 92.7 cm³/mol. The molecule has 1 fully saturated rings. The number of carbonyl (C=O) groups excluding carboxylic acids is 2. The Bertz CT molecular complexity index is 777. The molecule has 1 aromatic carbocycles. The molecule has 3 rings (SSSR count). The van der Waals surface area contributed by atoms with Gasteiger partial charge in [-0.15, -0.1) is 0 Å². The SMILES string of the molecule is COC(=O)[C@@H]1CCN(Cc2ccc3ccccc3n2)[C@@H](C(=O)OC)C1. The van der Waals surface area contributed by atoms with Crippen molar-refractivity contribution in [1.29, 1.82) is 0 Å². The molecule has 1 aliphatic rings. The Morgan fingerprint density at radius 2 is 1.88 bits per heavy atom. The minimum Gasteiger partial charge on any atom is -0.469 e. The molecule has 0 radical (unpaired) electrons. The van der Waals surface area contributed by atoms with Gasteiger partial charge in [-0.3, -0.25) is 19.5 Å². The van der Waals surface area contributed by atoms with Crippen LogP contribution in [0.25, 0.3) is 10.9 Å². The Kier molecular flexibility index (Phi) is 5.28. The molecule has 0 spiro atoms. The van der Waals surface area contributed by atoms with Crippen LogP contribution in [-0.2, 0) is 25.6 Å². The maximum absolute atomic E-state index is 12.2. The third kappa shape index (κ3) is 3.79. The van der Waals surface area contributed by atoms with Crippen LogP contribution in [0.4, 0.5) is 0 Å². The molecule has 2 aromatic rings. The monoisotopic (exact) mass is 342 g/mol. The number of pyridine rings is 1. The largest absolute Gasteiger partial charge is 0.469 e. The van der Waals surface area contributed by atoms with E-state index in [0.717, 1.165) is 16.6 Å². The van der Waals surface area contributed by atoms with Gasteiger partial charge in [-0.25, -0.2) is 0 Å². The number of rotatable bonds is 4. The molecule has 0 aliphatic carbocycles. The van der Waals surface area contributed by atoms with Crippen LogP contribution in [-0.4, -0.2) is 48.6 Å². The van der Waals surface area contributed by atoms with Gasteiger partial charge in [0.2, 0.25) is 0 Å². The van der Waals surface area contributed by atoms with E-state index in [4.69, 9.17) is 9.47 Å². The van der Waals surface area contributed by atoms with E-state index in [1.54, 1.807) is 0 Å². The van der Waals surface area contributed by atoms with Crippen LogP contribution in [0.3, 0.4) is 0 Å². The summed E-state index contributed by atoms with van der Waals surface area (Å²) in [4.78, 5) is 30.7. The summed E-state index contributed by atoms with van der Waals surface area (Å²) < 4.78 is 9.77. The lowest BCUT2D eigenvalue weighted by molar-refractivity contribution is -0.154. The number of nitrogens with zero attached hydrogens (tertiary/aromatic N) is 2. The van der Waals surface area contributed by atoms with E-state index in [1.807, 2.05) is 41.3 Å². The maximum Gasteiger partial charge on any atom is 0.323 e. The van der Waals surface area contributed by atoms with Crippen molar-refractivity contribution >= 4 is 22.8 Å². The summed E-state index contributed by atoms with van der Waals surface area (Å²) in [5.41, 5.74) is 1.82. The van der Waals surface area contributed by atoms with Gasteiger partial charge < -0.3 is 9.47 Å². The Balaban J connectivity index is 1.78. The van der Waals surface area contributed by atoms with Gasteiger partial charge in [0.05, 0.1) is 31.3 Å². The van der Waals surface area contributed by atoms with Crippen molar-refractivity contribution < 1.29 is 19.1 Å². The van der Waals surface area contributed by atoms with Crippen LogP contribution in [0.1, 0.15) is 18.5 Å². The highest BCUT2D eigenvalue weighted by Gasteiger charge is 2.37. The van der Waals surface area contributed by atoms with E-state index in [9.17, 15) is 9.59 Å². The number of methoxy groups -OCH3 is 2. The molecule has 0 bridgehead atoms. The van der Waals surface area contributed by atoms with Gasteiger partial charge in [0, 0.05) is 18.5 Å². The molecule has 25 heavy (non-hydrogen) atoms. The van der Waals surface area contributed by atoms with Crippen LogP contribution in [0.5, 0.6) is 0 Å². The van der Waals surface area contributed by atoms with Crippen LogP contribution < -0.4 is 0 Å². The van der Waals surface area contributed by atoms with Crippen LogP contribution >= 0.6 is 0 Å². The number of hydrogen-bond acceptors (Lipinski definition) is 6. The van der Waals surface area contributed by atoms with Gasteiger partial charge >= 0.3 is 11.9 Å². The Labute approximate surface area is 146 Å². The first kappa shape index (κ1) is 17.4. The fourth-order valence-corrected chi connectivity index (χ4v) is 3.37. The normalized spacial score (nSPS) is 21.0. The van der Waals surface area contributed by atoms with Gasteiger partial charge in [-0.2, -0.15) is 0 Å². The molecule has 6 nitrogen and oxygen atoms in total. The summed E-state index contributed by atoms with van der Waals surface area (Å²) >= 11 is 0. The highest BCUT2D eigenvalue weighted by Crippen LogP contribution is 2.26. The topological polar surface area (TPSA) is 68.7 Å². The lowest BCUT2D eigenvalue weighted by Gasteiger charge is -2.36. The van der Waals surface area contributed by atoms with Crippen LogP contribution in [0.15, 0.2) is 36.4 Å². The van der Waals surface area contributed by atoms with Gasteiger partial charge in [0.1, 0.15) is 6.04 Å². The standard InChI is InChI=1S/C19H22N2O4/c1-24-18(22)14-9-10-21(17(11-14)19(23)25-2)12-15-8-7-13-5-3-4-6-16(13)20-15/h3-8,14,17H,9-12H2,1-2H3/t14-,17-/m1/s1. The average molecular weight is 342 g/mol. The molecule has 132 valence electrons. The minimum atomic E-state index is -0.462. The summed E-state index contributed by atoms with van der Waals surface area (Å²) in [5.74, 6) is -0.860. The molecule has 0 N–H and O–H groups in total. The third-order valence-corrected chi connectivity index (χ3v) is 4.74. The summed E-state index contributed by atoms with van der Waals surface area (Å²) in [6.45, 7) is 1.16. The summed E-state index contributed by atoms with van der Waals surface area (Å²) in [6.07, 6.45) is 1.07. The molecular formula is C19H22N2O4. The van der Waals surface area contributed by atoms with E-state index < -0.39 is 6.04 Å². The quantitative estimate of drug-likeness (QED) is 0.793. The fraction of sp³-hybridized carbons (Fsp3) is 0.421. The number of fused-ring (bicyclic) bond motifs is 1. The second kappa shape index (κ2) is 7.61. The van der Waals surface area contributed by atoms with Gasteiger partial charge in [0.15, 0.2) is 0 Å². The number of benzene rings is 1. The van der Waals surface area contributed by atoms with E-state index in [0.29, 0.717) is 25.9 Å². The molecule has 2 heterocycles. The van der Waals surface area contributed by atoms with E-state index in [-0.39, 0.29) is 17.9 Å². The highest BCUT2D eigenvalue weighted by atomic mass is 16.5. The number of ether oxygens (including phenoxy) is 2. The number of hydrogen-bond donors (Lipinski definition) is 0. The van der Waals surface area contributed by atoms with Crippen molar-refractivity contribution in [2.45, 2.75) is 25.4 Å². The van der Waals surface area contributed by atoms with E-state index in [2.05, 4.69) is 4.98 Å². The Morgan fingerprint density at radius 1 is 1.12 bits per heavy atom. The first-order valence-electron chi connectivity index (χ1n) is 8.36. The molecule has 1 saturated heterocycles. The lowest BCUT2D eigenvalue weighted by atomic mass is 9.90. The van der Waals surface area contributed by atoms with Crippen molar-refractivity contribution in [2.24, 2.45) is 5.92 Å². The number of para-hydroxylation sites is 1. The molecule has 0 unspecified atom stereocenters. The Morgan fingerprint density at radius 3 is 2.64 bits per heavy atom. The van der Waals surface area contributed by atoms with Crippen molar-refractivity contribution in [3.05, 3.63) is 42.1 Å². The molecular weight excluding hydrogens is 320 g/mol. The van der Waals surface area contributed by atoms with Gasteiger partial charge in [0.25, 0.3) is 0 Å². The molecule has 0 saturated carbocycles. The number of carbonyl (C=O) groups is 2. The fourth-order valence-electron chi connectivity index (χ4n) is 3.37. The summed E-state index contributed by atoms with van der Waals surface area (Å²) in [7, 11) is 2.75. The predicted octanol–water partition coefficient (Wildman–Crippen LogP) is 2.16. The van der Waals surface area contributed by atoms with Crippen molar-refractivity contribution in [3.8, 4) is 0 Å². The van der Waals surface area contributed by atoms with Crippen molar-refractivity contribution in [3.63, 3.8) is 0 Å². The van der Waals surface area contributed by atoms with Gasteiger partial charge in [-0.05, 0) is 25.0 Å².